The van der Waals surface area contributed by atoms with Gasteiger partial charge in [0.05, 0.1) is 0 Å². The van der Waals surface area contributed by atoms with E-state index in [1.807, 2.05) is 19.2 Å². The molecule has 1 aromatic rings. The topological polar surface area (TPSA) is 41.1 Å². The molecule has 110 valence electrons. The van der Waals surface area contributed by atoms with E-state index in [0.717, 1.165) is 31.2 Å². The Morgan fingerprint density at radius 2 is 1.60 bits per heavy atom. The van der Waals surface area contributed by atoms with Crippen LogP contribution >= 0.6 is 0 Å². The van der Waals surface area contributed by atoms with E-state index in [9.17, 15) is 4.79 Å². The molecule has 1 saturated carbocycles. The number of benzene rings is 1. The third-order valence-electron chi connectivity index (χ3n) is 4.31. The lowest BCUT2D eigenvalue weighted by Crippen LogP contribution is -2.41. The minimum absolute atomic E-state index is 0.0632. The van der Waals surface area contributed by atoms with Crippen LogP contribution in [-0.4, -0.2) is 25.0 Å². The summed E-state index contributed by atoms with van der Waals surface area (Å²) in [4.78, 5) is 12.2. The van der Waals surface area contributed by atoms with E-state index in [-0.39, 0.29) is 5.91 Å². The second-order valence-electron chi connectivity index (χ2n) is 6.09. The molecule has 0 radical (unpaired) electrons. The van der Waals surface area contributed by atoms with Gasteiger partial charge in [0.25, 0.3) is 5.91 Å². The molecule has 3 heteroatoms. The fourth-order valence-corrected chi connectivity index (χ4v) is 2.81. The van der Waals surface area contributed by atoms with E-state index >= 15 is 0 Å². The molecule has 1 amide bonds. The molecule has 0 bridgehead atoms. The molecular weight excluding hydrogens is 248 g/mol. The van der Waals surface area contributed by atoms with Crippen LogP contribution in [0.25, 0.3) is 0 Å². The van der Waals surface area contributed by atoms with Gasteiger partial charge in [-0.25, -0.2) is 0 Å². The lowest BCUT2D eigenvalue weighted by atomic mass is 9.91. The van der Waals surface area contributed by atoms with Crippen LogP contribution in [0.1, 0.15) is 61.4 Å². The summed E-state index contributed by atoms with van der Waals surface area (Å²) in [6.07, 6.45) is 4.43. The predicted octanol–water partition coefficient (Wildman–Crippen LogP) is 3.07. The van der Waals surface area contributed by atoms with Crippen LogP contribution in [0.4, 0.5) is 0 Å². The monoisotopic (exact) mass is 274 g/mol. The number of rotatable bonds is 4. The Morgan fingerprint density at radius 1 is 1.05 bits per heavy atom. The molecule has 1 aromatic carbocycles. The van der Waals surface area contributed by atoms with Gasteiger partial charge in [-0.1, -0.05) is 26.0 Å². The van der Waals surface area contributed by atoms with Crippen molar-refractivity contribution in [2.45, 2.75) is 57.5 Å². The molecule has 0 atom stereocenters. The Hall–Kier alpha value is -1.35. The first-order valence-electron chi connectivity index (χ1n) is 7.68. The van der Waals surface area contributed by atoms with Crippen LogP contribution in [0, 0.1) is 0 Å². The first-order chi connectivity index (χ1) is 9.60. The predicted molar refractivity (Wildman–Crippen MR) is 83.1 cm³/mol. The Labute approximate surface area is 122 Å². The lowest BCUT2D eigenvalue weighted by Gasteiger charge is -2.28. The van der Waals surface area contributed by atoms with Gasteiger partial charge in [-0.2, -0.15) is 0 Å². The number of nitrogens with one attached hydrogen (secondary N) is 2. The van der Waals surface area contributed by atoms with E-state index < -0.39 is 0 Å². The van der Waals surface area contributed by atoms with Crippen LogP contribution in [0.15, 0.2) is 24.3 Å². The van der Waals surface area contributed by atoms with Gasteiger partial charge in [0.1, 0.15) is 0 Å². The summed E-state index contributed by atoms with van der Waals surface area (Å²) in [6.45, 7) is 4.32. The summed E-state index contributed by atoms with van der Waals surface area (Å²) in [5.41, 5.74) is 2.04. The summed E-state index contributed by atoms with van der Waals surface area (Å²) >= 11 is 0. The fourth-order valence-electron chi connectivity index (χ4n) is 2.81. The van der Waals surface area contributed by atoms with Crippen molar-refractivity contribution in [1.29, 1.82) is 0 Å². The summed E-state index contributed by atoms with van der Waals surface area (Å²) in [7, 11) is 2.01. The van der Waals surface area contributed by atoms with Crippen molar-refractivity contribution in [1.82, 2.24) is 10.6 Å². The van der Waals surface area contributed by atoms with E-state index in [2.05, 4.69) is 36.6 Å². The third kappa shape index (κ3) is 3.83. The van der Waals surface area contributed by atoms with E-state index in [0.29, 0.717) is 18.0 Å². The van der Waals surface area contributed by atoms with Crippen LogP contribution in [-0.2, 0) is 0 Å². The molecule has 0 heterocycles. The highest BCUT2D eigenvalue weighted by Gasteiger charge is 2.21. The summed E-state index contributed by atoms with van der Waals surface area (Å²) in [5, 5.41) is 6.48. The maximum Gasteiger partial charge on any atom is 0.251 e. The summed E-state index contributed by atoms with van der Waals surface area (Å²) in [6, 6.07) is 8.92. The van der Waals surface area contributed by atoms with Crippen LogP contribution in [0.5, 0.6) is 0 Å². The number of hydrogen-bond donors (Lipinski definition) is 2. The molecule has 2 rings (SSSR count). The Kier molecular flexibility index (Phi) is 5.18. The maximum atomic E-state index is 12.2. The van der Waals surface area contributed by atoms with Gasteiger partial charge in [-0.15, -0.1) is 0 Å². The first-order valence-corrected chi connectivity index (χ1v) is 7.68. The maximum absolute atomic E-state index is 12.2. The molecule has 0 aromatic heterocycles. The zero-order valence-electron chi connectivity index (χ0n) is 12.8. The summed E-state index contributed by atoms with van der Waals surface area (Å²) < 4.78 is 0. The van der Waals surface area contributed by atoms with Gasteiger partial charge in [-0.3, -0.25) is 4.79 Å². The summed E-state index contributed by atoms with van der Waals surface area (Å²) in [5.74, 6) is 0.567. The van der Waals surface area contributed by atoms with Crippen molar-refractivity contribution in [3.8, 4) is 0 Å². The Morgan fingerprint density at radius 3 is 2.10 bits per heavy atom. The molecule has 0 aliphatic heterocycles. The van der Waals surface area contributed by atoms with Crippen molar-refractivity contribution < 1.29 is 4.79 Å². The van der Waals surface area contributed by atoms with Gasteiger partial charge in [-0.05, 0) is 56.3 Å². The van der Waals surface area contributed by atoms with Crippen LogP contribution in [0.3, 0.4) is 0 Å². The average Bonchev–Trinajstić information content (AvgIpc) is 2.48. The second-order valence-corrected chi connectivity index (χ2v) is 6.09. The second kappa shape index (κ2) is 6.89. The van der Waals surface area contributed by atoms with Crippen molar-refractivity contribution in [3.05, 3.63) is 35.4 Å². The number of amides is 1. The highest BCUT2D eigenvalue weighted by molar-refractivity contribution is 5.94. The molecule has 3 nitrogen and oxygen atoms in total. The van der Waals surface area contributed by atoms with Crippen molar-refractivity contribution in [2.75, 3.05) is 7.05 Å². The fraction of sp³-hybridized carbons (Fsp3) is 0.588. The largest absolute Gasteiger partial charge is 0.349 e. The quantitative estimate of drug-likeness (QED) is 0.886. The lowest BCUT2D eigenvalue weighted by molar-refractivity contribution is 0.0924. The zero-order chi connectivity index (χ0) is 14.5. The molecular formula is C17H26N2O. The van der Waals surface area contributed by atoms with Crippen molar-refractivity contribution in [2.24, 2.45) is 0 Å². The van der Waals surface area contributed by atoms with Crippen LogP contribution < -0.4 is 10.6 Å². The molecule has 0 saturated heterocycles. The minimum Gasteiger partial charge on any atom is -0.349 e. The minimum atomic E-state index is 0.0632. The molecule has 20 heavy (non-hydrogen) atoms. The molecule has 1 aliphatic rings. The third-order valence-corrected chi connectivity index (χ3v) is 4.31. The normalized spacial score (nSPS) is 22.8. The highest BCUT2D eigenvalue weighted by atomic mass is 16.1. The molecule has 1 aliphatic carbocycles. The standard InChI is InChI=1S/C17H26N2O/c1-12(2)13-4-6-14(7-5-13)17(20)19-16-10-8-15(18-3)9-11-16/h4-7,12,15-16,18H,8-11H2,1-3H3,(H,19,20). The van der Waals surface area contributed by atoms with Crippen molar-refractivity contribution in [3.63, 3.8) is 0 Å². The number of carbonyl (C=O) groups excluding carboxylic acids is 1. The van der Waals surface area contributed by atoms with Gasteiger partial charge in [0.2, 0.25) is 0 Å². The molecule has 0 unspecified atom stereocenters. The van der Waals surface area contributed by atoms with Gasteiger partial charge < -0.3 is 10.6 Å². The number of carbonyl (C=O) groups is 1. The van der Waals surface area contributed by atoms with Gasteiger partial charge >= 0.3 is 0 Å². The van der Waals surface area contributed by atoms with E-state index in [1.165, 1.54) is 5.56 Å². The van der Waals surface area contributed by atoms with Gasteiger partial charge in [0.15, 0.2) is 0 Å². The highest BCUT2D eigenvalue weighted by Crippen LogP contribution is 2.19. The molecule has 1 fully saturated rings. The molecule has 2 N–H and O–H groups in total. The van der Waals surface area contributed by atoms with Crippen LogP contribution in [0.2, 0.25) is 0 Å². The van der Waals surface area contributed by atoms with E-state index in [1.54, 1.807) is 0 Å². The molecule has 0 spiro atoms. The van der Waals surface area contributed by atoms with Crippen molar-refractivity contribution >= 4 is 5.91 Å². The smallest absolute Gasteiger partial charge is 0.251 e. The Bertz CT molecular complexity index is 431. The number of hydrogen-bond acceptors (Lipinski definition) is 2. The Balaban J connectivity index is 1.88. The zero-order valence-corrected chi connectivity index (χ0v) is 12.8. The average molecular weight is 274 g/mol. The first kappa shape index (κ1) is 15.0. The SMILES string of the molecule is CNC1CCC(NC(=O)c2ccc(C(C)C)cc2)CC1. The van der Waals surface area contributed by atoms with E-state index in [4.69, 9.17) is 0 Å². The van der Waals surface area contributed by atoms with Gasteiger partial charge in [0, 0.05) is 17.6 Å².